The fourth-order valence-electron chi connectivity index (χ4n) is 3.48. The van der Waals surface area contributed by atoms with E-state index in [0.717, 1.165) is 15.1 Å². The molecule has 0 amide bonds. The number of carbonyl (C=O) groups excluding carboxylic acids is 1. The number of carbonyl (C=O) groups is 1. The molecule has 0 saturated heterocycles. The van der Waals surface area contributed by atoms with Crippen molar-refractivity contribution in [2.45, 2.75) is 26.4 Å². The van der Waals surface area contributed by atoms with Gasteiger partial charge in [0.15, 0.2) is 5.69 Å². The van der Waals surface area contributed by atoms with Crippen molar-refractivity contribution in [2.75, 3.05) is 4.31 Å². The van der Waals surface area contributed by atoms with Crippen LogP contribution in [0.1, 0.15) is 31.3 Å². The van der Waals surface area contributed by atoms with Crippen LogP contribution >= 0.6 is 0 Å². The number of para-hydroxylation sites is 1. The third kappa shape index (κ3) is 3.69. The molecule has 1 N–H and O–H groups in total. The first-order valence-corrected chi connectivity index (χ1v) is 10.5. The monoisotopic (exact) mass is 421 g/mol. The quantitative estimate of drug-likeness (QED) is 0.362. The summed E-state index contributed by atoms with van der Waals surface area (Å²) in [6, 6.07) is 20.1. The topological polar surface area (TPSA) is 85.5 Å². The summed E-state index contributed by atoms with van der Waals surface area (Å²) in [5.74, 6) is -0.621. The molecule has 0 radical (unpaired) electrons. The predicted octanol–water partition coefficient (Wildman–Crippen LogP) is 5.21. The Morgan fingerprint density at radius 2 is 1.60 bits per heavy atom. The second kappa shape index (κ2) is 7.59. The lowest BCUT2D eigenvalue weighted by Crippen LogP contribution is -2.27. The minimum Gasteiger partial charge on any atom is -0.755 e. The Morgan fingerprint density at radius 1 is 0.967 bits per heavy atom. The van der Waals surface area contributed by atoms with Gasteiger partial charge in [0.25, 0.3) is 0 Å². The van der Waals surface area contributed by atoms with Crippen molar-refractivity contribution in [1.29, 1.82) is 0 Å². The van der Waals surface area contributed by atoms with Crippen molar-refractivity contribution in [3.05, 3.63) is 72.4 Å². The number of aromatic nitrogens is 1. The summed E-state index contributed by atoms with van der Waals surface area (Å²) in [6.07, 6.45) is 0. The molecular formula is C23H21N2O4S-. The van der Waals surface area contributed by atoms with E-state index in [9.17, 15) is 13.6 Å². The summed E-state index contributed by atoms with van der Waals surface area (Å²) in [6.45, 7) is 5.30. The Hall–Kier alpha value is -3.16. The zero-order valence-corrected chi connectivity index (χ0v) is 17.7. The molecule has 3 aromatic carbocycles. The van der Waals surface area contributed by atoms with Crippen molar-refractivity contribution in [2.24, 2.45) is 0 Å². The first kappa shape index (κ1) is 20.1. The lowest BCUT2D eigenvalue weighted by molar-refractivity contribution is 0.00650. The summed E-state index contributed by atoms with van der Waals surface area (Å²) in [7, 11) is 0. The summed E-state index contributed by atoms with van der Waals surface area (Å²) >= 11 is -2.69. The van der Waals surface area contributed by atoms with Gasteiger partial charge < -0.3 is 14.3 Å². The highest BCUT2D eigenvalue weighted by Crippen LogP contribution is 2.40. The summed E-state index contributed by atoms with van der Waals surface area (Å²) in [5.41, 5.74) is 0.694. The van der Waals surface area contributed by atoms with E-state index in [2.05, 4.69) is 4.98 Å². The molecular weight excluding hydrogens is 400 g/mol. The van der Waals surface area contributed by atoms with Crippen LogP contribution in [0.3, 0.4) is 0 Å². The third-order valence-electron chi connectivity index (χ3n) is 4.62. The van der Waals surface area contributed by atoms with E-state index in [1.807, 2.05) is 36.4 Å². The normalized spacial score (nSPS) is 12.8. The Kier molecular flexibility index (Phi) is 5.09. The molecule has 1 heterocycles. The zero-order chi connectivity index (χ0) is 21.5. The highest BCUT2D eigenvalue weighted by Gasteiger charge is 2.28. The first-order chi connectivity index (χ1) is 14.3. The molecule has 6 nitrogen and oxygen atoms in total. The molecule has 0 aliphatic rings. The molecule has 30 heavy (non-hydrogen) atoms. The van der Waals surface area contributed by atoms with E-state index >= 15 is 0 Å². The summed E-state index contributed by atoms with van der Waals surface area (Å²) in [4.78, 5) is 16.0. The van der Waals surface area contributed by atoms with Gasteiger partial charge in [0.2, 0.25) is 0 Å². The van der Waals surface area contributed by atoms with Crippen LogP contribution < -0.4 is 4.31 Å². The largest absolute Gasteiger partial charge is 0.755 e. The number of benzene rings is 3. The molecule has 0 aliphatic carbocycles. The molecule has 0 saturated carbocycles. The maximum atomic E-state index is 13.0. The first-order valence-electron chi connectivity index (χ1n) is 9.47. The van der Waals surface area contributed by atoms with Gasteiger partial charge in [0.05, 0.1) is 22.6 Å². The Bertz CT molecular complexity index is 1270. The molecule has 4 aromatic rings. The lowest BCUT2D eigenvalue weighted by atomic mass is 10.1. The third-order valence-corrected chi connectivity index (χ3v) is 5.30. The minimum atomic E-state index is -2.69. The van der Waals surface area contributed by atoms with Crippen LogP contribution in [0.15, 0.2) is 66.7 Å². The number of nitrogens with one attached hydrogen (secondary N) is 1. The van der Waals surface area contributed by atoms with Crippen LogP contribution in [0.5, 0.6) is 0 Å². The number of fused-ring (bicyclic) bond motifs is 2. The standard InChI is InChI=1S/C23H22N2O4S/c1-23(2,3)29-22(26)20-21(17-12-6-7-13-18(17)24-20)25(30(27)28)19-14-8-10-15-9-4-5-11-16(15)19/h4-14,24H,1-3H3,(H,27,28)/p-1. The highest BCUT2D eigenvalue weighted by molar-refractivity contribution is 7.81. The molecule has 1 unspecified atom stereocenters. The molecule has 0 fully saturated rings. The number of rotatable bonds is 4. The smallest absolute Gasteiger partial charge is 0.357 e. The highest BCUT2D eigenvalue weighted by atomic mass is 32.2. The predicted molar refractivity (Wildman–Crippen MR) is 118 cm³/mol. The minimum absolute atomic E-state index is 0.0864. The molecule has 154 valence electrons. The van der Waals surface area contributed by atoms with E-state index in [1.54, 1.807) is 51.1 Å². The Balaban J connectivity index is 2.00. The second-order valence-electron chi connectivity index (χ2n) is 7.91. The average Bonchev–Trinajstić information content (AvgIpc) is 3.06. The van der Waals surface area contributed by atoms with Crippen molar-refractivity contribution < 1.29 is 18.3 Å². The van der Waals surface area contributed by atoms with E-state index in [1.165, 1.54) is 0 Å². The van der Waals surface area contributed by atoms with E-state index in [0.29, 0.717) is 16.6 Å². The molecule has 1 atom stereocenters. The number of aromatic amines is 1. The van der Waals surface area contributed by atoms with Crippen LogP contribution in [-0.4, -0.2) is 25.3 Å². The maximum Gasteiger partial charge on any atom is 0.357 e. The SMILES string of the molecule is CC(C)(C)OC(=O)c1[nH]c2ccccc2c1N(c1cccc2ccccc12)S(=O)[O-]. The Morgan fingerprint density at radius 3 is 2.30 bits per heavy atom. The summed E-state index contributed by atoms with van der Waals surface area (Å²) in [5, 5.41) is 2.25. The van der Waals surface area contributed by atoms with Gasteiger partial charge in [-0.05, 0) is 38.3 Å². The van der Waals surface area contributed by atoms with E-state index in [-0.39, 0.29) is 11.4 Å². The molecule has 7 heteroatoms. The molecule has 4 rings (SSSR count). The van der Waals surface area contributed by atoms with Crippen LogP contribution in [0.4, 0.5) is 11.4 Å². The number of anilines is 2. The van der Waals surface area contributed by atoms with Gasteiger partial charge in [0.1, 0.15) is 5.60 Å². The fraction of sp³-hybridized carbons (Fsp3) is 0.174. The molecule has 0 aliphatic heterocycles. The van der Waals surface area contributed by atoms with Crippen LogP contribution in [0, 0.1) is 0 Å². The van der Waals surface area contributed by atoms with Gasteiger partial charge in [-0.1, -0.05) is 54.6 Å². The van der Waals surface area contributed by atoms with E-state index in [4.69, 9.17) is 4.74 Å². The lowest BCUT2D eigenvalue weighted by Gasteiger charge is -2.28. The second-order valence-corrected chi connectivity index (χ2v) is 8.71. The molecule has 0 bridgehead atoms. The van der Waals surface area contributed by atoms with Crippen LogP contribution in [0.25, 0.3) is 21.7 Å². The fourth-order valence-corrected chi connectivity index (χ4v) is 4.13. The molecule has 0 spiro atoms. The van der Waals surface area contributed by atoms with Crippen LogP contribution in [-0.2, 0) is 16.0 Å². The number of hydrogen-bond donors (Lipinski definition) is 1. The van der Waals surface area contributed by atoms with Gasteiger partial charge in [0, 0.05) is 16.3 Å². The Labute approximate surface area is 176 Å². The number of nitrogens with zero attached hydrogens (tertiary/aromatic N) is 1. The molecule has 1 aromatic heterocycles. The summed E-state index contributed by atoms with van der Waals surface area (Å²) < 4.78 is 31.7. The number of ether oxygens (including phenoxy) is 1. The van der Waals surface area contributed by atoms with Gasteiger partial charge in [-0.2, -0.15) is 0 Å². The number of hydrogen-bond acceptors (Lipinski definition) is 4. The van der Waals surface area contributed by atoms with Crippen molar-refractivity contribution in [1.82, 2.24) is 4.98 Å². The van der Waals surface area contributed by atoms with Crippen molar-refractivity contribution in [3.63, 3.8) is 0 Å². The van der Waals surface area contributed by atoms with E-state index < -0.39 is 22.8 Å². The zero-order valence-electron chi connectivity index (χ0n) is 16.8. The van der Waals surface area contributed by atoms with Gasteiger partial charge in [-0.15, -0.1) is 0 Å². The number of H-pyrrole nitrogens is 1. The average molecular weight is 421 g/mol. The van der Waals surface area contributed by atoms with Gasteiger partial charge in [-0.3, -0.25) is 8.51 Å². The van der Waals surface area contributed by atoms with Crippen LogP contribution in [0.2, 0.25) is 0 Å². The van der Waals surface area contributed by atoms with Crippen molar-refractivity contribution in [3.8, 4) is 0 Å². The van der Waals surface area contributed by atoms with Crippen molar-refractivity contribution >= 4 is 50.3 Å². The number of esters is 1. The van der Waals surface area contributed by atoms with Gasteiger partial charge in [-0.25, -0.2) is 4.79 Å². The van der Waals surface area contributed by atoms with Gasteiger partial charge >= 0.3 is 5.97 Å². The maximum absolute atomic E-state index is 13.0.